The molecule has 6 heteroatoms. The highest BCUT2D eigenvalue weighted by Gasteiger charge is 2.52. The van der Waals surface area contributed by atoms with Crippen LogP contribution in [-0.4, -0.2) is 40.0 Å². The number of nitrogens with zero attached hydrogens (tertiary/aromatic N) is 3. The van der Waals surface area contributed by atoms with Gasteiger partial charge < -0.3 is 4.90 Å². The Balaban J connectivity index is 1.45. The second-order valence-electron chi connectivity index (χ2n) is 10.2. The molecule has 31 heavy (non-hydrogen) atoms. The zero-order chi connectivity index (χ0) is 21.6. The molecule has 0 spiro atoms. The van der Waals surface area contributed by atoms with Crippen LogP contribution in [0.25, 0.3) is 0 Å². The molecule has 6 rings (SSSR count). The molecule has 0 radical (unpaired) electrons. The van der Waals surface area contributed by atoms with E-state index in [0.29, 0.717) is 0 Å². The van der Waals surface area contributed by atoms with Crippen molar-refractivity contribution in [3.8, 4) is 0 Å². The van der Waals surface area contributed by atoms with E-state index in [1.54, 1.807) is 6.92 Å². The molecule has 4 bridgehead atoms. The van der Waals surface area contributed by atoms with Crippen LogP contribution in [-0.2, 0) is 4.79 Å². The number of unbranched alkanes of at least 4 members (excludes halogenated alkanes) is 1. The lowest BCUT2D eigenvalue weighted by atomic mass is 9.53. The molecule has 0 N–H and O–H groups in total. The summed E-state index contributed by atoms with van der Waals surface area (Å²) in [6.45, 7) is 4.91. The highest BCUT2D eigenvalue weighted by Crippen LogP contribution is 2.57. The minimum atomic E-state index is 0.0443. The van der Waals surface area contributed by atoms with Gasteiger partial charge >= 0.3 is 0 Å². The summed E-state index contributed by atoms with van der Waals surface area (Å²) in [5.74, 6) is 3.70. The smallest absolute Gasteiger partial charge is 0.225 e. The summed E-state index contributed by atoms with van der Waals surface area (Å²) in [7, 11) is 0. The number of carbonyl (C=O) groups excluding carboxylic acids is 1. The van der Waals surface area contributed by atoms with Crippen LogP contribution in [0.3, 0.4) is 0 Å². The van der Waals surface area contributed by atoms with Gasteiger partial charge in [0.2, 0.25) is 5.91 Å². The zero-order valence-corrected chi connectivity index (χ0v) is 21.1. The molecule has 1 heterocycles. The first kappa shape index (κ1) is 21.8. The summed E-state index contributed by atoms with van der Waals surface area (Å²) in [5.41, 5.74) is 1.15. The quantitative estimate of drug-likeness (QED) is 0.456. The first-order chi connectivity index (χ1) is 15.0. The average Bonchev–Trinajstić information content (AvgIpc) is 3.08. The molecule has 1 aliphatic heterocycles. The lowest BCUT2D eigenvalue weighted by molar-refractivity contribution is -0.117. The van der Waals surface area contributed by atoms with Gasteiger partial charge in [0.1, 0.15) is 6.17 Å². The molecule has 5 fully saturated rings. The largest absolute Gasteiger partial charge is 0.330 e. The van der Waals surface area contributed by atoms with E-state index in [1.165, 1.54) is 43.7 Å². The van der Waals surface area contributed by atoms with E-state index in [1.807, 2.05) is 40.9 Å². The van der Waals surface area contributed by atoms with Gasteiger partial charge in [-0.25, -0.2) is 0 Å². The monoisotopic (exact) mass is 503 g/mol. The van der Waals surface area contributed by atoms with Crippen molar-refractivity contribution in [1.29, 1.82) is 0 Å². The molecule has 1 unspecified atom stereocenters. The second kappa shape index (κ2) is 8.74. The maximum atomic E-state index is 12.8. The van der Waals surface area contributed by atoms with Crippen molar-refractivity contribution in [3.05, 3.63) is 28.7 Å². The predicted molar refractivity (Wildman–Crippen MR) is 133 cm³/mol. The van der Waals surface area contributed by atoms with Crippen molar-refractivity contribution in [2.75, 3.05) is 17.2 Å². The van der Waals surface area contributed by atoms with Crippen LogP contribution in [0.1, 0.15) is 65.2 Å². The standard InChI is InChI=1S/C25H34BrN3OS/c1-3-4-9-28-23(29(17(2)30)22-7-5-21(26)6-8-22)16-31-24(28)27-25-13-18-10-19(14-25)12-20(11-18)15-25/h5-8,18-20,23H,3-4,9-16H2,1-2H3. The molecule has 5 aliphatic rings. The lowest BCUT2D eigenvalue weighted by Gasteiger charge is -2.55. The van der Waals surface area contributed by atoms with Gasteiger partial charge in [-0.05, 0) is 87.0 Å². The molecule has 1 aromatic rings. The number of amidine groups is 1. The summed E-state index contributed by atoms with van der Waals surface area (Å²) in [6, 6.07) is 8.13. The minimum Gasteiger partial charge on any atom is -0.330 e. The first-order valence-corrected chi connectivity index (χ1v) is 13.8. The second-order valence-corrected chi connectivity index (χ2v) is 12.1. The number of benzene rings is 1. The van der Waals surface area contributed by atoms with Crippen LogP contribution >= 0.6 is 27.7 Å². The number of rotatable bonds is 6. The van der Waals surface area contributed by atoms with Gasteiger partial charge in [0, 0.05) is 29.4 Å². The highest BCUT2D eigenvalue weighted by molar-refractivity contribution is 9.10. The predicted octanol–water partition coefficient (Wildman–Crippen LogP) is 6.30. The summed E-state index contributed by atoms with van der Waals surface area (Å²) in [6.07, 6.45) is 10.5. The van der Waals surface area contributed by atoms with Gasteiger partial charge in [-0.1, -0.05) is 41.0 Å². The van der Waals surface area contributed by atoms with E-state index in [0.717, 1.165) is 53.1 Å². The Morgan fingerprint density at radius 3 is 2.32 bits per heavy atom. The Morgan fingerprint density at radius 2 is 1.77 bits per heavy atom. The molecular formula is C25H34BrN3OS. The summed E-state index contributed by atoms with van der Waals surface area (Å²) in [4.78, 5) is 22.8. The molecule has 1 atom stereocenters. The van der Waals surface area contributed by atoms with Crippen LogP contribution in [0, 0.1) is 17.8 Å². The Bertz CT molecular complexity index is 820. The number of carbonyl (C=O) groups is 1. The van der Waals surface area contributed by atoms with Gasteiger partial charge in [-0.3, -0.25) is 14.7 Å². The Kier molecular flexibility index (Phi) is 6.15. The molecular weight excluding hydrogens is 470 g/mol. The van der Waals surface area contributed by atoms with Crippen molar-refractivity contribution >= 4 is 44.5 Å². The average molecular weight is 505 g/mol. The molecule has 0 aromatic heterocycles. The van der Waals surface area contributed by atoms with Gasteiger partial charge in [-0.15, -0.1) is 0 Å². The van der Waals surface area contributed by atoms with E-state index < -0.39 is 0 Å². The minimum absolute atomic E-state index is 0.0443. The summed E-state index contributed by atoms with van der Waals surface area (Å²) >= 11 is 5.40. The molecule has 4 aliphatic carbocycles. The summed E-state index contributed by atoms with van der Waals surface area (Å²) in [5, 5.41) is 1.20. The van der Waals surface area contributed by atoms with Crippen molar-refractivity contribution in [3.63, 3.8) is 0 Å². The molecule has 4 saturated carbocycles. The highest BCUT2D eigenvalue weighted by atomic mass is 79.9. The molecule has 1 aromatic carbocycles. The van der Waals surface area contributed by atoms with Crippen LogP contribution < -0.4 is 4.90 Å². The van der Waals surface area contributed by atoms with Crippen molar-refractivity contribution < 1.29 is 4.79 Å². The molecule has 168 valence electrons. The van der Waals surface area contributed by atoms with E-state index in [4.69, 9.17) is 4.99 Å². The first-order valence-electron chi connectivity index (χ1n) is 12.0. The Labute approximate surface area is 199 Å². The van der Waals surface area contributed by atoms with Gasteiger partial charge in [0.05, 0.1) is 5.54 Å². The fraction of sp³-hybridized carbons (Fsp3) is 0.680. The fourth-order valence-electron chi connectivity index (χ4n) is 6.90. The third-order valence-corrected chi connectivity index (χ3v) is 9.38. The van der Waals surface area contributed by atoms with Crippen LogP contribution in [0.5, 0.6) is 0 Å². The number of anilines is 1. The van der Waals surface area contributed by atoms with Gasteiger partial charge in [0.15, 0.2) is 5.17 Å². The normalized spacial score (nSPS) is 35.2. The molecule has 4 nitrogen and oxygen atoms in total. The number of amides is 1. The van der Waals surface area contributed by atoms with E-state index in [2.05, 4.69) is 27.8 Å². The Morgan fingerprint density at radius 1 is 1.16 bits per heavy atom. The summed E-state index contributed by atoms with van der Waals surface area (Å²) < 4.78 is 1.03. The van der Waals surface area contributed by atoms with Gasteiger partial charge in [0.25, 0.3) is 0 Å². The van der Waals surface area contributed by atoms with E-state index >= 15 is 0 Å². The zero-order valence-electron chi connectivity index (χ0n) is 18.7. The maximum absolute atomic E-state index is 12.8. The topological polar surface area (TPSA) is 35.9 Å². The Hall–Kier alpha value is -1.01. The van der Waals surface area contributed by atoms with Crippen molar-refractivity contribution in [1.82, 2.24) is 4.90 Å². The number of hydrogen-bond acceptors (Lipinski definition) is 3. The van der Waals surface area contributed by atoms with Gasteiger partial charge in [-0.2, -0.15) is 0 Å². The third kappa shape index (κ3) is 4.31. The number of aliphatic imine (C=N–C) groups is 1. The van der Waals surface area contributed by atoms with Crippen LogP contribution in [0.15, 0.2) is 33.7 Å². The SMILES string of the molecule is CCCCN1C(=NC23CC4CC(CC(C4)C2)C3)SCC1N(C(C)=O)c1ccc(Br)cc1. The maximum Gasteiger partial charge on any atom is 0.225 e. The van der Waals surface area contributed by atoms with E-state index in [-0.39, 0.29) is 17.6 Å². The number of hydrogen-bond donors (Lipinski definition) is 0. The fourth-order valence-corrected chi connectivity index (χ4v) is 8.43. The lowest BCUT2D eigenvalue weighted by Crippen LogP contribution is -2.52. The van der Waals surface area contributed by atoms with Crippen LogP contribution in [0.2, 0.25) is 0 Å². The number of halogens is 1. The third-order valence-electron chi connectivity index (χ3n) is 7.80. The molecule has 1 amide bonds. The number of thioether (sulfide) groups is 1. The van der Waals surface area contributed by atoms with Crippen molar-refractivity contribution in [2.45, 2.75) is 76.9 Å². The van der Waals surface area contributed by atoms with E-state index in [9.17, 15) is 4.79 Å². The van der Waals surface area contributed by atoms with Crippen molar-refractivity contribution in [2.24, 2.45) is 22.7 Å². The van der Waals surface area contributed by atoms with Crippen LogP contribution in [0.4, 0.5) is 5.69 Å². The molecule has 1 saturated heterocycles.